The van der Waals surface area contributed by atoms with Gasteiger partial charge in [-0.1, -0.05) is 12.1 Å². The van der Waals surface area contributed by atoms with E-state index in [1.165, 1.54) is 4.57 Å². The molecule has 0 atom stereocenters. The lowest BCUT2D eigenvalue weighted by atomic mass is 10.1. The van der Waals surface area contributed by atoms with Crippen molar-refractivity contribution < 1.29 is 14.2 Å². The zero-order chi connectivity index (χ0) is 23.2. The lowest BCUT2D eigenvalue weighted by molar-refractivity contribution is 0.0384. The Morgan fingerprint density at radius 2 is 2.09 bits per heavy atom. The van der Waals surface area contributed by atoms with E-state index in [-0.39, 0.29) is 24.1 Å². The number of nitrogens with one attached hydrogen (secondary N) is 2. The summed E-state index contributed by atoms with van der Waals surface area (Å²) in [7, 11) is 1.62. The number of H-pyrrole nitrogens is 1. The van der Waals surface area contributed by atoms with Crippen molar-refractivity contribution in [1.82, 2.24) is 29.7 Å². The van der Waals surface area contributed by atoms with Gasteiger partial charge in [0.15, 0.2) is 11.5 Å². The molecule has 1 saturated heterocycles. The average molecular weight is 458 g/mol. The molecule has 1 aromatic carbocycles. The fraction of sp³-hybridized carbons (Fsp3) is 0.500. The molecule has 3 heterocycles. The summed E-state index contributed by atoms with van der Waals surface area (Å²) in [5, 5.41) is 3.48. The highest BCUT2D eigenvalue weighted by Gasteiger charge is 2.16. The molecule has 0 unspecified atom stereocenters. The van der Waals surface area contributed by atoms with Crippen LogP contribution in [0.4, 0.5) is 5.82 Å². The number of hydrogen-bond donors (Lipinski definition) is 3. The molecule has 178 valence electrons. The summed E-state index contributed by atoms with van der Waals surface area (Å²) in [6.45, 7) is 8.72. The molecule has 33 heavy (non-hydrogen) atoms. The predicted molar refractivity (Wildman–Crippen MR) is 125 cm³/mol. The monoisotopic (exact) mass is 457 g/mol. The molecule has 0 spiro atoms. The van der Waals surface area contributed by atoms with Gasteiger partial charge in [0.2, 0.25) is 0 Å². The van der Waals surface area contributed by atoms with Crippen molar-refractivity contribution in [3.05, 3.63) is 39.8 Å². The Labute approximate surface area is 191 Å². The first-order chi connectivity index (χ1) is 16.1. The van der Waals surface area contributed by atoms with Crippen LogP contribution in [0, 0.1) is 0 Å². The van der Waals surface area contributed by atoms with Gasteiger partial charge >= 0.3 is 11.7 Å². The predicted octanol–water partition coefficient (Wildman–Crippen LogP) is 0.579. The molecule has 11 nitrogen and oxygen atoms in total. The first-order valence-electron chi connectivity index (χ1n) is 11.1. The molecule has 1 fully saturated rings. The Balaban J connectivity index is 1.46. The maximum absolute atomic E-state index is 12.6. The quantitative estimate of drug-likeness (QED) is 0.374. The van der Waals surface area contributed by atoms with Crippen molar-refractivity contribution in [1.29, 1.82) is 0 Å². The average Bonchev–Trinajstić information content (AvgIpc) is 3.14. The van der Waals surface area contributed by atoms with Gasteiger partial charge in [0.05, 0.1) is 33.5 Å². The smallest absolute Gasteiger partial charge is 0.328 e. The summed E-state index contributed by atoms with van der Waals surface area (Å²) in [6.07, 6.45) is 0. The van der Waals surface area contributed by atoms with Crippen LogP contribution in [-0.2, 0) is 17.8 Å². The van der Waals surface area contributed by atoms with Crippen molar-refractivity contribution in [3.63, 3.8) is 0 Å². The zero-order valence-corrected chi connectivity index (χ0v) is 19.1. The van der Waals surface area contributed by atoms with Gasteiger partial charge in [-0.3, -0.25) is 9.47 Å². The van der Waals surface area contributed by atoms with Gasteiger partial charge in [0, 0.05) is 38.3 Å². The molecule has 11 heteroatoms. The van der Waals surface area contributed by atoms with E-state index >= 15 is 0 Å². The van der Waals surface area contributed by atoms with Gasteiger partial charge in [0.25, 0.3) is 0 Å². The second kappa shape index (κ2) is 10.6. The Kier molecular flexibility index (Phi) is 7.43. The second-order valence-electron chi connectivity index (χ2n) is 7.82. The van der Waals surface area contributed by atoms with Gasteiger partial charge in [-0.2, -0.15) is 9.97 Å². The number of aromatic amines is 1. The molecule has 0 aliphatic carbocycles. The van der Waals surface area contributed by atoms with E-state index in [0.717, 1.165) is 57.1 Å². The molecule has 4 N–H and O–H groups in total. The number of methoxy groups -OCH3 is 1. The number of imidazole rings is 1. The Morgan fingerprint density at radius 1 is 1.27 bits per heavy atom. The number of rotatable bonds is 10. The Morgan fingerprint density at radius 3 is 2.85 bits per heavy atom. The number of nitrogens with zero attached hydrogens (tertiary/aromatic N) is 4. The Hall–Kier alpha value is -3.15. The van der Waals surface area contributed by atoms with Crippen LogP contribution in [0.2, 0.25) is 0 Å². The largest absolute Gasteiger partial charge is 0.496 e. The second-order valence-corrected chi connectivity index (χ2v) is 7.82. The van der Waals surface area contributed by atoms with Gasteiger partial charge in [-0.05, 0) is 18.6 Å². The molecule has 2 aromatic heterocycles. The third kappa shape index (κ3) is 5.44. The molecule has 1 aliphatic heterocycles. The number of aromatic nitrogens is 4. The molecule has 1 aliphatic rings. The topological polar surface area (TPSA) is 133 Å². The maximum atomic E-state index is 12.6. The van der Waals surface area contributed by atoms with E-state index < -0.39 is 0 Å². The standard InChI is InChI=1S/C22H31N7O4/c1-3-33-21-26-19(23)18-20(27-21)29(22(30)25-18)14-16-5-4-15(12-17(16)31-2)13-24-6-7-28-8-10-32-11-9-28/h4-5,12,24H,3,6-11,13-14H2,1-2H3,(H,25,30)(H2,23,26,27). The van der Waals surface area contributed by atoms with Crippen LogP contribution < -0.4 is 26.2 Å². The number of fused-ring (bicyclic) bond motifs is 1. The first-order valence-corrected chi connectivity index (χ1v) is 11.1. The molecule has 0 radical (unpaired) electrons. The van der Waals surface area contributed by atoms with Crippen LogP contribution in [0.1, 0.15) is 18.1 Å². The number of morpholine rings is 1. The highest BCUT2D eigenvalue weighted by atomic mass is 16.5. The SMILES string of the molecule is CCOc1nc(N)c2[nH]c(=O)n(Cc3ccc(CNCCN4CCOCC4)cc3OC)c2n1. The van der Waals surface area contributed by atoms with E-state index in [1.807, 2.05) is 25.1 Å². The van der Waals surface area contributed by atoms with Crippen molar-refractivity contribution in [2.24, 2.45) is 0 Å². The van der Waals surface area contributed by atoms with Gasteiger partial charge in [-0.15, -0.1) is 0 Å². The van der Waals surface area contributed by atoms with Gasteiger partial charge in [0.1, 0.15) is 11.3 Å². The minimum absolute atomic E-state index is 0.140. The van der Waals surface area contributed by atoms with Crippen LogP contribution in [0.5, 0.6) is 11.8 Å². The van der Waals surface area contributed by atoms with Crippen molar-refractivity contribution >= 4 is 17.0 Å². The maximum Gasteiger partial charge on any atom is 0.328 e. The van der Waals surface area contributed by atoms with E-state index in [2.05, 4.69) is 25.2 Å². The molecule has 0 saturated carbocycles. The summed E-state index contributed by atoms with van der Waals surface area (Å²) < 4.78 is 17.9. The molecule has 3 aromatic rings. The number of anilines is 1. The third-order valence-corrected chi connectivity index (χ3v) is 5.62. The van der Waals surface area contributed by atoms with Crippen LogP contribution in [0.15, 0.2) is 23.0 Å². The zero-order valence-electron chi connectivity index (χ0n) is 19.1. The third-order valence-electron chi connectivity index (χ3n) is 5.62. The van der Waals surface area contributed by atoms with E-state index in [1.54, 1.807) is 7.11 Å². The number of nitrogen functional groups attached to an aromatic ring is 1. The number of ether oxygens (including phenoxy) is 3. The normalized spacial score (nSPS) is 14.6. The molecular formula is C22H31N7O4. The van der Waals surface area contributed by atoms with Crippen LogP contribution in [0.25, 0.3) is 11.2 Å². The molecule has 0 amide bonds. The van der Waals surface area contributed by atoms with Crippen LogP contribution >= 0.6 is 0 Å². The number of nitrogens with two attached hydrogens (primary N) is 1. The minimum Gasteiger partial charge on any atom is -0.496 e. The van der Waals surface area contributed by atoms with E-state index in [9.17, 15) is 4.79 Å². The highest BCUT2D eigenvalue weighted by molar-refractivity contribution is 5.82. The summed E-state index contributed by atoms with van der Waals surface area (Å²) in [5.74, 6) is 0.876. The minimum atomic E-state index is -0.324. The summed E-state index contributed by atoms with van der Waals surface area (Å²) in [5.41, 5.74) is 8.41. The van der Waals surface area contributed by atoms with Crippen molar-refractivity contribution in [3.8, 4) is 11.8 Å². The Bertz CT molecular complexity index is 1140. The van der Waals surface area contributed by atoms with E-state index in [4.69, 9.17) is 19.9 Å². The molecular weight excluding hydrogens is 426 g/mol. The van der Waals surface area contributed by atoms with Gasteiger partial charge in [-0.25, -0.2) is 4.79 Å². The molecule has 0 bridgehead atoms. The van der Waals surface area contributed by atoms with Crippen molar-refractivity contribution in [2.75, 3.05) is 58.8 Å². The highest BCUT2D eigenvalue weighted by Crippen LogP contribution is 2.23. The summed E-state index contributed by atoms with van der Waals surface area (Å²) in [4.78, 5) is 26.2. The van der Waals surface area contributed by atoms with Crippen LogP contribution in [-0.4, -0.2) is 77.5 Å². The summed E-state index contributed by atoms with van der Waals surface area (Å²) in [6, 6.07) is 6.14. The fourth-order valence-electron chi connectivity index (χ4n) is 3.87. The lowest BCUT2D eigenvalue weighted by Gasteiger charge is -2.26. The number of hydrogen-bond acceptors (Lipinski definition) is 9. The molecule has 4 rings (SSSR count). The van der Waals surface area contributed by atoms with Crippen LogP contribution in [0.3, 0.4) is 0 Å². The number of benzene rings is 1. The fourth-order valence-corrected chi connectivity index (χ4v) is 3.87. The van der Waals surface area contributed by atoms with Crippen molar-refractivity contribution in [2.45, 2.75) is 20.0 Å². The lowest BCUT2D eigenvalue weighted by Crippen LogP contribution is -2.40. The summed E-state index contributed by atoms with van der Waals surface area (Å²) >= 11 is 0. The van der Waals surface area contributed by atoms with E-state index in [0.29, 0.717) is 23.5 Å². The van der Waals surface area contributed by atoms with Gasteiger partial charge < -0.3 is 30.2 Å². The first kappa shape index (κ1) is 23.0.